The van der Waals surface area contributed by atoms with Crippen LogP contribution in [0.15, 0.2) is 48.5 Å². The highest BCUT2D eigenvalue weighted by molar-refractivity contribution is 5.95. The minimum absolute atomic E-state index is 0.101. The fourth-order valence-corrected chi connectivity index (χ4v) is 3.58. The Hall–Kier alpha value is -2.49. The summed E-state index contributed by atoms with van der Waals surface area (Å²) in [7, 11) is 0. The van der Waals surface area contributed by atoms with E-state index in [0.717, 1.165) is 32.2 Å². The van der Waals surface area contributed by atoms with Gasteiger partial charge in [-0.1, -0.05) is 30.3 Å². The zero-order chi connectivity index (χ0) is 16.4. The number of hydrogen-bond acceptors (Lipinski definition) is 3. The quantitative estimate of drug-likeness (QED) is 0.862. The fourth-order valence-electron chi connectivity index (χ4n) is 3.58. The van der Waals surface area contributed by atoms with Crippen molar-refractivity contribution in [3.05, 3.63) is 59.7 Å². The normalized spacial score (nSPS) is 18.8. The van der Waals surface area contributed by atoms with Gasteiger partial charge in [0.05, 0.1) is 0 Å². The van der Waals surface area contributed by atoms with Crippen LogP contribution in [-0.2, 0) is 6.42 Å². The van der Waals surface area contributed by atoms with Gasteiger partial charge in [-0.05, 0) is 49.4 Å². The Kier molecular flexibility index (Phi) is 4.11. The molecule has 1 amide bonds. The summed E-state index contributed by atoms with van der Waals surface area (Å²) in [5.41, 5.74) is 2.02. The van der Waals surface area contributed by atoms with Gasteiger partial charge in [0.1, 0.15) is 0 Å². The zero-order valence-corrected chi connectivity index (χ0v) is 13.6. The lowest BCUT2D eigenvalue weighted by Crippen LogP contribution is -2.35. The maximum absolute atomic E-state index is 12.9. The monoisotopic (exact) mass is 323 g/mol. The predicted octanol–water partition coefficient (Wildman–Crippen LogP) is 3.65. The SMILES string of the molecule is O=C(c1ccc2c(c1)OCO2)N1CCC[C@@H]1CCc1ccccc1. The molecule has 24 heavy (non-hydrogen) atoms. The first-order chi connectivity index (χ1) is 11.8. The highest BCUT2D eigenvalue weighted by Crippen LogP contribution is 2.33. The molecule has 0 aromatic heterocycles. The van der Waals surface area contributed by atoms with Gasteiger partial charge in [0.15, 0.2) is 11.5 Å². The third-order valence-corrected chi connectivity index (χ3v) is 4.87. The van der Waals surface area contributed by atoms with Gasteiger partial charge in [0.2, 0.25) is 6.79 Å². The van der Waals surface area contributed by atoms with Gasteiger partial charge in [-0.3, -0.25) is 4.79 Å². The molecule has 2 aromatic carbocycles. The van der Waals surface area contributed by atoms with Crippen LogP contribution in [0.1, 0.15) is 35.2 Å². The number of amides is 1. The lowest BCUT2D eigenvalue weighted by atomic mass is 10.0. The highest BCUT2D eigenvalue weighted by atomic mass is 16.7. The molecule has 2 heterocycles. The van der Waals surface area contributed by atoms with Crippen LogP contribution in [0.4, 0.5) is 0 Å². The Morgan fingerprint density at radius 1 is 1.08 bits per heavy atom. The van der Waals surface area contributed by atoms with Crippen LogP contribution in [0, 0.1) is 0 Å². The molecule has 0 unspecified atom stereocenters. The van der Waals surface area contributed by atoms with Crippen molar-refractivity contribution in [2.24, 2.45) is 0 Å². The minimum Gasteiger partial charge on any atom is -0.454 e. The molecule has 0 spiro atoms. The molecular formula is C20H21NO3. The van der Waals surface area contributed by atoms with Gasteiger partial charge < -0.3 is 14.4 Å². The smallest absolute Gasteiger partial charge is 0.254 e. The summed E-state index contributed by atoms with van der Waals surface area (Å²) >= 11 is 0. The van der Waals surface area contributed by atoms with E-state index in [1.165, 1.54) is 5.56 Å². The van der Waals surface area contributed by atoms with Gasteiger partial charge in [-0.25, -0.2) is 0 Å². The van der Waals surface area contributed by atoms with Crippen molar-refractivity contribution in [2.75, 3.05) is 13.3 Å². The number of carbonyl (C=O) groups is 1. The third kappa shape index (κ3) is 2.96. The van der Waals surface area contributed by atoms with E-state index in [-0.39, 0.29) is 12.7 Å². The molecule has 0 bridgehead atoms. The maximum atomic E-state index is 12.9. The van der Waals surface area contributed by atoms with E-state index in [9.17, 15) is 4.79 Å². The number of benzene rings is 2. The van der Waals surface area contributed by atoms with Crippen molar-refractivity contribution in [2.45, 2.75) is 31.7 Å². The summed E-state index contributed by atoms with van der Waals surface area (Å²) in [6, 6.07) is 16.3. The number of rotatable bonds is 4. The van der Waals surface area contributed by atoms with Gasteiger partial charge in [-0.2, -0.15) is 0 Å². The van der Waals surface area contributed by atoms with Crippen LogP contribution in [0.5, 0.6) is 11.5 Å². The number of nitrogens with zero attached hydrogens (tertiary/aromatic N) is 1. The van der Waals surface area contributed by atoms with Crippen molar-refractivity contribution in [1.82, 2.24) is 4.90 Å². The summed E-state index contributed by atoms with van der Waals surface area (Å²) in [5.74, 6) is 1.48. The Morgan fingerprint density at radius 2 is 1.92 bits per heavy atom. The average Bonchev–Trinajstić information content (AvgIpc) is 3.28. The molecule has 2 aromatic rings. The van der Waals surface area contributed by atoms with Crippen molar-refractivity contribution >= 4 is 5.91 Å². The van der Waals surface area contributed by atoms with Crippen molar-refractivity contribution in [3.8, 4) is 11.5 Å². The topological polar surface area (TPSA) is 38.8 Å². The van der Waals surface area contributed by atoms with Crippen LogP contribution >= 0.6 is 0 Å². The molecule has 1 atom stereocenters. The summed E-state index contributed by atoms with van der Waals surface area (Å²) in [6.45, 7) is 1.07. The van der Waals surface area contributed by atoms with Crippen LogP contribution in [-0.4, -0.2) is 30.2 Å². The number of carbonyl (C=O) groups excluding carboxylic acids is 1. The molecule has 1 fully saturated rings. The number of hydrogen-bond donors (Lipinski definition) is 0. The lowest BCUT2D eigenvalue weighted by Gasteiger charge is -2.25. The molecule has 2 aliphatic rings. The lowest BCUT2D eigenvalue weighted by molar-refractivity contribution is 0.0730. The number of ether oxygens (including phenoxy) is 2. The minimum atomic E-state index is 0.101. The number of fused-ring (bicyclic) bond motifs is 1. The van der Waals surface area contributed by atoms with Crippen molar-refractivity contribution in [3.63, 3.8) is 0 Å². The third-order valence-electron chi connectivity index (χ3n) is 4.87. The van der Waals surface area contributed by atoms with Crippen LogP contribution < -0.4 is 9.47 Å². The standard InChI is InChI=1S/C20H21NO3/c22-20(16-9-11-18-19(13-16)24-14-23-18)21-12-4-7-17(21)10-8-15-5-2-1-3-6-15/h1-3,5-6,9,11,13,17H,4,7-8,10,12,14H2/t17-/m1/s1. The summed E-state index contributed by atoms with van der Waals surface area (Å²) < 4.78 is 10.7. The molecule has 0 N–H and O–H groups in total. The predicted molar refractivity (Wildman–Crippen MR) is 91.4 cm³/mol. The van der Waals surface area contributed by atoms with Crippen molar-refractivity contribution in [1.29, 1.82) is 0 Å². The molecule has 1 saturated heterocycles. The summed E-state index contributed by atoms with van der Waals surface area (Å²) in [4.78, 5) is 14.9. The van der Waals surface area contributed by atoms with E-state index in [4.69, 9.17) is 9.47 Å². The molecule has 124 valence electrons. The Bertz CT molecular complexity index is 729. The van der Waals surface area contributed by atoms with E-state index >= 15 is 0 Å². The molecule has 4 rings (SSSR count). The second kappa shape index (κ2) is 6.56. The maximum Gasteiger partial charge on any atom is 0.254 e. The number of aryl methyl sites for hydroxylation is 1. The molecule has 0 radical (unpaired) electrons. The van der Waals surface area contributed by atoms with Crippen LogP contribution in [0.25, 0.3) is 0 Å². The molecule has 2 aliphatic heterocycles. The number of likely N-dealkylation sites (tertiary alicyclic amines) is 1. The summed E-state index contributed by atoms with van der Waals surface area (Å²) in [6.07, 6.45) is 4.19. The first kappa shape index (κ1) is 15.1. The van der Waals surface area contributed by atoms with E-state index in [2.05, 4.69) is 24.3 Å². The molecule has 0 aliphatic carbocycles. The molecule has 4 heteroatoms. The average molecular weight is 323 g/mol. The van der Waals surface area contributed by atoms with Gasteiger partial charge in [-0.15, -0.1) is 0 Å². The highest BCUT2D eigenvalue weighted by Gasteiger charge is 2.30. The zero-order valence-electron chi connectivity index (χ0n) is 13.6. The Labute approximate surface area is 142 Å². The first-order valence-corrected chi connectivity index (χ1v) is 8.56. The molecular weight excluding hydrogens is 302 g/mol. The van der Waals surface area contributed by atoms with E-state index in [1.807, 2.05) is 23.1 Å². The van der Waals surface area contributed by atoms with Crippen LogP contribution in [0.3, 0.4) is 0 Å². The van der Waals surface area contributed by atoms with E-state index in [0.29, 0.717) is 23.1 Å². The second-order valence-electron chi connectivity index (χ2n) is 6.39. The van der Waals surface area contributed by atoms with E-state index in [1.54, 1.807) is 6.07 Å². The Morgan fingerprint density at radius 3 is 2.79 bits per heavy atom. The Balaban J connectivity index is 1.45. The van der Waals surface area contributed by atoms with Crippen LogP contribution in [0.2, 0.25) is 0 Å². The van der Waals surface area contributed by atoms with Gasteiger partial charge in [0.25, 0.3) is 5.91 Å². The summed E-state index contributed by atoms with van der Waals surface area (Å²) in [5, 5.41) is 0. The van der Waals surface area contributed by atoms with Crippen molar-refractivity contribution < 1.29 is 14.3 Å². The first-order valence-electron chi connectivity index (χ1n) is 8.56. The van der Waals surface area contributed by atoms with Gasteiger partial charge in [0, 0.05) is 18.2 Å². The fraction of sp³-hybridized carbons (Fsp3) is 0.350. The second-order valence-corrected chi connectivity index (χ2v) is 6.39. The molecule has 0 saturated carbocycles. The van der Waals surface area contributed by atoms with Gasteiger partial charge >= 0.3 is 0 Å². The van der Waals surface area contributed by atoms with E-state index < -0.39 is 0 Å². The molecule has 4 nitrogen and oxygen atoms in total. The largest absolute Gasteiger partial charge is 0.454 e.